The fourth-order valence-corrected chi connectivity index (χ4v) is 2.69. The van der Waals surface area contributed by atoms with Crippen LogP contribution in [0.25, 0.3) is 21.8 Å². The maximum absolute atomic E-state index is 9.18. The second-order valence-corrected chi connectivity index (χ2v) is 4.79. The number of rotatable bonds is 4. The Kier molecular flexibility index (Phi) is 3.23. The predicted molar refractivity (Wildman–Crippen MR) is 77.4 cm³/mol. The first-order valence-electron chi connectivity index (χ1n) is 6.57. The summed E-state index contributed by atoms with van der Waals surface area (Å²) in [6.45, 7) is 0.319. The van der Waals surface area contributed by atoms with Crippen LogP contribution in [0.3, 0.4) is 0 Å². The third kappa shape index (κ3) is 2.11. The highest BCUT2D eigenvalue weighted by molar-refractivity contribution is 6.09. The molecule has 0 saturated carbocycles. The molecule has 1 heterocycles. The lowest BCUT2D eigenvalue weighted by Gasteiger charge is -2.03. The summed E-state index contributed by atoms with van der Waals surface area (Å²) in [5, 5.41) is 20.6. The van der Waals surface area contributed by atoms with Crippen LogP contribution in [0.4, 0.5) is 0 Å². The van der Waals surface area contributed by atoms with Crippen molar-refractivity contribution >= 4 is 21.8 Å². The summed E-state index contributed by atoms with van der Waals surface area (Å²) in [5.41, 5.74) is 4.49. The Morgan fingerprint density at radius 2 is 1.74 bits per heavy atom. The summed E-state index contributed by atoms with van der Waals surface area (Å²) in [7, 11) is 0. The molecule has 3 heteroatoms. The Balaban J connectivity index is 2.28. The molecular formula is C16H17NO2. The summed E-state index contributed by atoms with van der Waals surface area (Å²) in [4.78, 5) is 3.40. The SMILES string of the molecule is OCCc1ccc2[nH]c3cccc(CCO)c3c2c1. The highest BCUT2D eigenvalue weighted by Crippen LogP contribution is 2.29. The molecule has 1 aromatic heterocycles. The maximum Gasteiger partial charge on any atom is 0.0471 e. The molecule has 0 fully saturated rings. The third-order valence-electron chi connectivity index (χ3n) is 3.56. The molecule has 3 N–H and O–H groups in total. The zero-order chi connectivity index (χ0) is 13.2. The van der Waals surface area contributed by atoms with Crippen molar-refractivity contribution in [3.8, 4) is 0 Å². The number of aliphatic hydroxyl groups excluding tert-OH is 2. The lowest BCUT2D eigenvalue weighted by atomic mass is 10.0. The average molecular weight is 255 g/mol. The molecule has 3 aromatic rings. The molecule has 0 aliphatic rings. The van der Waals surface area contributed by atoms with Crippen LogP contribution in [0, 0.1) is 0 Å². The molecule has 3 nitrogen and oxygen atoms in total. The minimum atomic E-state index is 0.155. The first-order valence-corrected chi connectivity index (χ1v) is 6.57. The van der Waals surface area contributed by atoms with Gasteiger partial charge >= 0.3 is 0 Å². The second kappa shape index (κ2) is 5.03. The zero-order valence-corrected chi connectivity index (χ0v) is 10.7. The first-order chi connectivity index (χ1) is 9.33. The Bertz CT molecular complexity index is 715. The lowest BCUT2D eigenvalue weighted by molar-refractivity contribution is 0.299. The van der Waals surface area contributed by atoms with E-state index in [-0.39, 0.29) is 13.2 Å². The van der Waals surface area contributed by atoms with Crippen molar-refractivity contribution in [3.05, 3.63) is 47.5 Å². The van der Waals surface area contributed by atoms with E-state index >= 15 is 0 Å². The van der Waals surface area contributed by atoms with Gasteiger partial charge in [-0.25, -0.2) is 0 Å². The van der Waals surface area contributed by atoms with Gasteiger partial charge < -0.3 is 15.2 Å². The van der Waals surface area contributed by atoms with Crippen LogP contribution in [0.5, 0.6) is 0 Å². The summed E-state index contributed by atoms with van der Waals surface area (Å²) in [6.07, 6.45) is 1.33. The van der Waals surface area contributed by atoms with Crippen LogP contribution in [0.15, 0.2) is 36.4 Å². The van der Waals surface area contributed by atoms with Gasteiger partial charge in [0.2, 0.25) is 0 Å². The van der Waals surface area contributed by atoms with E-state index in [1.165, 1.54) is 10.8 Å². The van der Waals surface area contributed by atoms with Crippen molar-refractivity contribution in [2.45, 2.75) is 12.8 Å². The van der Waals surface area contributed by atoms with Gasteiger partial charge in [-0.05, 0) is 42.2 Å². The van der Waals surface area contributed by atoms with E-state index in [9.17, 15) is 5.11 Å². The number of H-pyrrole nitrogens is 1. The van der Waals surface area contributed by atoms with Gasteiger partial charge in [0.15, 0.2) is 0 Å². The lowest BCUT2D eigenvalue weighted by Crippen LogP contribution is -1.92. The van der Waals surface area contributed by atoms with Crippen LogP contribution >= 0.6 is 0 Å². The quantitative estimate of drug-likeness (QED) is 0.670. The summed E-state index contributed by atoms with van der Waals surface area (Å²) >= 11 is 0. The minimum Gasteiger partial charge on any atom is -0.396 e. The Morgan fingerprint density at radius 1 is 0.895 bits per heavy atom. The van der Waals surface area contributed by atoms with Gasteiger partial charge in [-0.15, -0.1) is 0 Å². The smallest absolute Gasteiger partial charge is 0.0471 e. The van der Waals surface area contributed by atoms with Crippen molar-refractivity contribution in [2.24, 2.45) is 0 Å². The standard InChI is InChI=1S/C16H17NO2/c18-8-6-11-4-5-14-13(10-11)16-12(7-9-19)2-1-3-15(16)17-14/h1-5,10,17-19H,6-9H2. The molecule has 0 saturated heterocycles. The molecule has 3 rings (SSSR count). The van der Waals surface area contributed by atoms with Crippen LogP contribution < -0.4 is 0 Å². The molecule has 19 heavy (non-hydrogen) atoms. The normalized spacial score (nSPS) is 11.5. The number of fused-ring (bicyclic) bond motifs is 3. The molecule has 0 amide bonds. The van der Waals surface area contributed by atoms with Crippen molar-refractivity contribution in [1.29, 1.82) is 0 Å². The van der Waals surface area contributed by atoms with E-state index in [0.29, 0.717) is 12.8 Å². The van der Waals surface area contributed by atoms with E-state index in [2.05, 4.69) is 29.2 Å². The van der Waals surface area contributed by atoms with Gasteiger partial charge in [-0.3, -0.25) is 0 Å². The van der Waals surface area contributed by atoms with Crippen LogP contribution in [-0.4, -0.2) is 28.4 Å². The summed E-state index contributed by atoms with van der Waals surface area (Å²) in [6, 6.07) is 12.4. The second-order valence-electron chi connectivity index (χ2n) is 4.79. The van der Waals surface area contributed by atoms with E-state index in [1.807, 2.05) is 12.1 Å². The van der Waals surface area contributed by atoms with Crippen molar-refractivity contribution in [3.63, 3.8) is 0 Å². The Morgan fingerprint density at radius 3 is 2.53 bits per heavy atom. The molecule has 0 spiro atoms. The largest absolute Gasteiger partial charge is 0.396 e. The number of benzene rings is 2. The van der Waals surface area contributed by atoms with Crippen molar-refractivity contribution in [1.82, 2.24) is 4.98 Å². The predicted octanol–water partition coefficient (Wildman–Crippen LogP) is 2.39. The van der Waals surface area contributed by atoms with E-state index < -0.39 is 0 Å². The molecule has 0 radical (unpaired) electrons. The van der Waals surface area contributed by atoms with Gasteiger partial charge in [0, 0.05) is 35.0 Å². The first kappa shape index (κ1) is 12.2. The highest BCUT2D eigenvalue weighted by atomic mass is 16.3. The van der Waals surface area contributed by atoms with E-state index in [0.717, 1.165) is 22.2 Å². The Labute approximate surface area is 111 Å². The highest BCUT2D eigenvalue weighted by Gasteiger charge is 2.08. The van der Waals surface area contributed by atoms with Crippen LogP contribution in [0.1, 0.15) is 11.1 Å². The molecule has 0 aliphatic heterocycles. The number of nitrogens with one attached hydrogen (secondary N) is 1. The summed E-state index contributed by atoms with van der Waals surface area (Å²) < 4.78 is 0. The van der Waals surface area contributed by atoms with Gasteiger partial charge in [0.1, 0.15) is 0 Å². The number of aliphatic hydroxyl groups is 2. The molecule has 98 valence electrons. The monoisotopic (exact) mass is 255 g/mol. The molecule has 0 unspecified atom stereocenters. The summed E-state index contributed by atoms with van der Waals surface area (Å²) in [5.74, 6) is 0. The van der Waals surface area contributed by atoms with Crippen molar-refractivity contribution < 1.29 is 10.2 Å². The Hall–Kier alpha value is -1.84. The number of hydrogen-bond acceptors (Lipinski definition) is 2. The number of aromatic amines is 1. The van der Waals surface area contributed by atoms with Gasteiger partial charge in [0.25, 0.3) is 0 Å². The fraction of sp³-hybridized carbons (Fsp3) is 0.250. The van der Waals surface area contributed by atoms with Crippen molar-refractivity contribution in [2.75, 3.05) is 13.2 Å². The third-order valence-corrected chi connectivity index (χ3v) is 3.56. The molecule has 0 aliphatic carbocycles. The van der Waals surface area contributed by atoms with Gasteiger partial charge in [-0.1, -0.05) is 18.2 Å². The number of hydrogen-bond donors (Lipinski definition) is 3. The molecule has 0 bridgehead atoms. The van der Waals surface area contributed by atoms with E-state index in [4.69, 9.17) is 5.11 Å². The molecule has 0 atom stereocenters. The number of aromatic nitrogens is 1. The maximum atomic E-state index is 9.18. The minimum absolute atomic E-state index is 0.155. The van der Waals surface area contributed by atoms with Crippen LogP contribution in [0.2, 0.25) is 0 Å². The molecule has 2 aromatic carbocycles. The topological polar surface area (TPSA) is 56.2 Å². The zero-order valence-electron chi connectivity index (χ0n) is 10.7. The fourth-order valence-electron chi connectivity index (χ4n) is 2.69. The van der Waals surface area contributed by atoms with E-state index in [1.54, 1.807) is 0 Å². The average Bonchev–Trinajstić information content (AvgIpc) is 2.78. The van der Waals surface area contributed by atoms with Gasteiger partial charge in [0.05, 0.1) is 0 Å². The molecular weight excluding hydrogens is 238 g/mol. The van der Waals surface area contributed by atoms with Gasteiger partial charge in [-0.2, -0.15) is 0 Å². The van der Waals surface area contributed by atoms with Crippen LogP contribution in [-0.2, 0) is 12.8 Å².